The molecule has 10 heteroatoms. The average Bonchev–Trinajstić information content (AvgIpc) is 2.75. The molecule has 0 aliphatic heterocycles. The van der Waals surface area contributed by atoms with Crippen molar-refractivity contribution >= 4 is 40.6 Å². The monoisotopic (exact) mass is 524 g/mol. The lowest BCUT2D eigenvalue weighted by atomic mass is 10.0. The Bertz CT molecular complexity index is 1270. The van der Waals surface area contributed by atoms with Crippen LogP contribution in [0.4, 0.5) is 18.9 Å². The SMILES string of the molecule is CC(=O)C(F)(F)c1ccc(CC(=O)Nc2ccc(OC(C)(C)c3ncc(Cl)cc3Cl)c(F)c2)cc1. The summed E-state index contributed by atoms with van der Waals surface area (Å²) in [5.41, 5.74) is -0.545. The lowest BCUT2D eigenvalue weighted by molar-refractivity contribution is -0.141. The normalized spacial score (nSPS) is 11.8. The van der Waals surface area contributed by atoms with Crippen molar-refractivity contribution in [2.24, 2.45) is 0 Å². The van der Waals surface area contributed by atoms with Crippen LogP contribution in [0.3, 0.4) is 0 Å². The fraction of sp³-hybridized carbons (Fsp3) is 0.240. The minimum Gasteiger partial charge on any atom is -0.478 e. The van der Waals surface area contributed by atoms with Crippen LogP contribution in [-0.2, 0) is 27.5 Å². The Kier molecular flexibility index (Phi) is 7.77. The summed E-state index contributed by atoms with van der Waals surface area (Å²) in [5, 5.41) is 3.17. The topological polar surface area (TPSA) is 68.3 Å². The Morgan fingerprint density at radius 3 is 2.29 bits per heavy atom. The van der Waals surface area contributed by atoms with Gasteiger partial charge < -0.3 is 10.1 Å². The van der Waals surface area contributed by atoms with Gasteiger partial charge in [-0.1, -0.05) is 47.5 Å². The third-order valence-electron chi connectivity index (χ3n) is 5.08. The number of carbonyl (C=O) groups is 2. The number of nitrogens with zero attached hydrogens (tertiary/aromatic N) is 1. The van der Waals surface area contributed by atoms with Crippen LogP contribution >= 0.6 is 23.2 Å². The molecular weight excluding hydrogens is 504 g/mol. The largest absolute Gasteiger partial charge is 0.478 e. The number of rotatable bonds is 8. The fourth-order valence-corrected chi connectivity index (χ4v) is 3.88. The van der Waals surface area contributed by atoms with Gasteiger partial charge in [0.1, 0.15) is 11.3 Å². The number of ether oxygens (including phenoxy) is 1. The number of alkyl halides is 2. The highest BCUT2D eigenvalue weighted by molar-refractivity contribution is 6.34. The van der Waals surface area contributed by atoms with Crippen molar-refractivity contribution in [1.29, 1.82) is 0 Å². The number of Topliss-reactive ketones (excluding diaryl/α,β-unsaturated/α-hetero) is 1. The lowest BCUT2D eigenvalue weighted by Gasteiger charge is -2.27. The van der Waals surface area contributed by atoms with E-state index in [1.807, 2.05) is 0 Å². The van der Waals surface area contributed by atoms with Crippen molar-refractivity contribution in [2.45, 2.75) is 38.7 Å². The molecule has 184 valence electrons. The van der Waals surface area contributed by atoms with Crippen LogP contribution in [-0.4, -0.2) is 16.7 Å². The number of pyridine rings is 1. The number of hydrogen-bond acceptors (Lipinski definition) is 4. The number of amides is 1. The van der Waals surface area contributed by atoms with Gasteiger partial charge >= 0.3 is 5.92 Å². The maximum atomic E-state index is 14.7. The van der Waals surface area contributed by atoms with E-state index < -0.39 is 34.6 Å². The highest BCUT2D eigenvalue weighted by Crippen LogP contribution is 2.34. The molecule has 2 aromatic carbocycles. The summed E-state index contributed by atoms with van der Waals surface area (Å²) >= 11 is 12.1. The lowest BCUT2D eigenvalue weighted by Crippen LogP contribution is -2.27. The van der Waals surface area contributed by atoms with E-state index in [-0.39, 0.29) is 22.9 Å². The molecule has 0 unspecified atom stereocenters. The van der Waals surface area contributed by atoms with Gasteiger partial charge in [0.25, 0.3) is 0 Å². The molecule has 0 aliphatic rings. The predicted molar refractivity (Wildman–Crippen MR) is 128 cm³/mol. The molecule has 1 aromatic heterocycles. The summed E-state index contributed by atoms with van der Waals surface area (Å²) in [6.07, 6.45) is 1.27. The van der Waals surface area contributed by atoms with E-state index in [1.165, 1.54) is 36.5 Å². The van der Waals surface area contributed by atoms with Crippen molar-refractivity contribution in [3.8, 4) is 5.75 Å². The van der Waals surface area contributed by atoms with Crippen LogP contribution < -0.4 is 10.1 Å². The van der Waals surface area contributed by atoms with E-state index in [2.05, 4.69) is 10.3 Å². The highest BCUT2D eigenvalue weighted by atomic mass is 35.5. The second kappa shape index (κ2) is 10.3. The second-order valence-corrected chi connectivity index (χ2v) is 9.14. The molecule has 35 heavy (non-hydrogen) atoms. The maximum Gasteiger partial charge on any atom is 0.330 e. The van der Waals surface area contributed by atoms with Gasteiger partial charge in [0, 0.05) is 30.4 Å². The fourth-order valence-electron chi connectivity index (χ4n) is 3.27. The molecule has 0 saturated carbocycles. The molecule has 1 heterocycles. The molecule has 5 nitrogen and oxygen atoms in total. The molecule has 3 aromatic rings. The third-order valence-corrected chi connectivity index (χ3v) is 5.58. The third kappa shape index (κ3) is 6.32. The van der Waals surface area contributed by atoms with E-state index in [1.54, 1.807) is 13.8 Å². The number of anilines is 1. The molecule has 0 aliphatic carbocycles. The standard InChI is InChI=1S/C25H21Cl2F3N2O3/c1-14(33)25(29,30)16-6-4-15(5-7-16)10-22(34)32-18-8-9-21(20(28)12-18)35-24(2,3)23-19(27)11-17(26)13-31-23/h4-9,11-13H,10H2,1-3H3,(H,32,34). The highest BCUT2D eigenvalue weighted by Gasteiger charge is 2.37. The Labute approximate surface area is 210 Å². The van der Waals surface area contributed by atoms with E-state index in [9.17, 15) is 22.8 Å². The van der Waals surface area contributed by atoms with Crippen molar-refractivity contribution in [1.82, 2.24) is 4.98 Å². The number of halogens is 5. The Morgan fingerprint density at radius 1 is 1.06 bits per heavy atom. The smallest absolute Gasteiger partial charge is 0.330 e. The molecule has 0 bridgehead atoms. The first-order valence-electron chi connectivity index (χ1n) is 10.4. The first kappa shape index (κ1) is 26.5. The van der Waals surface area contributed by atoms with Crippen LogP contribution in [0.25, 0.3) is 0 Å². The molecule has 0 fully saturated rings. The van der Waals surface area contributed by atoms with Crippen molar-refractivity contribution in [2.75, 3.05) is 5.32 Å². The molecule has 0 radical (unpaired) electrons. The van der Waals surface area contributed by atoms with E-state index in [0.717, 1.165) is 25.1 Å². The number of aromatic nitrogens is 1. The Morgan fingerprint density at radius 2 is 1.71 bits per heavy atom. The first-order valence-corrected chi connectivity index (χ1v) is 11.1. The van der Waals surface area contributed by atoms with Gasteiger partial charge in [0.05, 0.1) is 16.5 Å². The molecule has 0 atom stereocenters. The summed E-state index contributed by atoms with van der Waals surface area (Å²) in [6.45, 7) is 4.14. The summed E-state index contributed by atoms with van der Waals surface area (Å²) < 4.78 is 48.0. The van der Waals surface area contributed by atoms with Gasteiger partial charge in [-0.2, -0.15) is 8.78 Å². The minimum atomic E-state index is -3.59. The van der Waals surface area contributed by atoms with Gasteiger partial charge in [-0.25, -0.2) is 4.39 Å². The van der Waals surface area contributed by atoms with E-state index in [4.69, 9.17) is 27.9 Å². The van der Waals surface area contributed by atoms with Crippen molar-refractivity contribution < 1.29 is 27.5 Å². The number of ketones is 1. The Hall–Kier alpha value is -3.10. The van der Waals surface area contributed by atoms with Gasteiger partial charge in [-0.3, -0.25) is 14.6 Å². The number of carbonyl (C=O) groups excluding carboxylic acids is 2. The van der Waals surface area contributed by atoms with Gasteiger partial charge in [0.2, 0.25) is 11.7 Å². The van der Waals surface area contributed by atoms with Crippen molar-refractivity contribution in [3.05, 3.63) is 87.4 Å². The van der Waals surface area contributed by atoms with Crippen LogP contribution in [0.1, 0.15) is 37.6 Å². The molecular formula is C25H21Cl2F3N2O3. The van der Waals surface area contributed by atoms with Gasteiger partial charge in [-0.05, 0) is 37.6 Å². The zero-order valence-electron chi connectivity index (χ0n) is 19.0. The van der Waals surface area contributed by atoms with Crippen LogP contribution in [0.5, 0.6) is 5.75 Å². The zero-order valence-corrected chi connectivity index (χ0v) is 20.5. The quantitative estimate of drug-likeness (QED) is 0.355. The van der Waals surface area contributed by atoms with Gasteiger partial charge in [-0.15, -0.1) is 0 Å². The zero-order chi connectivity index (χ0) is 26.0. The van der Waals surface area contributed by atoms with Crippen LogP contribution in [0.15, 0.2) is 54.7 Å². The molecule has 0 saturated heterocycles. The maximum absolute atomic E-state index is 14.7. The van der Waals surface area contributed by atoms with Crippen LogP contribution in [0.2, 0.25) is 10.0 Å². The van der Waals surface area contributed by atoms with Crippen LogP contribution in [0, 0.1) is 5.82 Å². The molecule has 3 rings (SSSR count). The second-order valence-electron chi connectivity index (χ2n) is 8.29. The first-order chi connectivity index (χ1) is 16.3. The Balaban J connectivity index is 1.66. The number of nitrogens with one attached hydrogen (secondary N) is 1. The van der Waals surface area contributed by atoms with E-state index in [0.29, 0.717) is 16.3 Å². The summed E-state index contributed by atoms with van der Waals surface area (Å²) in [6, 6.07) is 10.3. The predicted octanol–water partition coefficient (Wildman–Crippen LogP) is 6.70. The average molecular weight is 525 g/mol. The van der Waals surface area contributed by atoms with E-state index >= 15 is 0 Å². The van der Waals surface area contributed by atoms with Crippen molar-refractivity contribution in [3.63, 3.8) is 0 Å². The summed E-state index contributed by atoms with van der Waals surface area (Å²) in [4.78, 5) is 27.6. The molecule has 1 amide bonds. The summed E-state index contributed by atoms with van der Waals surface area (Å²) in [5.74, 6) is -6.15. The minimum absolute atomic E-state index is 0.0807. The number of hydrogen-bond donors (Lipinski definition) is 1. The number of benzene rings is 2. The molecule has 0 spiro atoms. The summed E-state index contributed by atoms with van der Waals surface area (Å²) in [7, 11) is 0. The van der Waals surface area contributed by atoms with Gasteiger partial charge in [0.15, 0.2) is 11.6 Å². The molecule has 1 N–H and O–H groups in total.